The molecule has 0 unspecified atom stereocenters. The number of para-hydroxylation sites is 1. The molecule has 2 rings (SSSR count). The van der Waals surface area contributed by atoms with Gasteiger partial charge in [0.25, 0.3) is 5.91 Å². The smallest absolute Gasteiger partial charge is 0.331 e. The first-order valence-corrected chi connectivity index (χ1v) is 8.26. The Morgan fingerprint density at radius 2 is 2.04 bits per heavy atom. The maximum Gasteiger partial charge on any atom is 0.331 e. The molecule has 1 fully saturated rings. The molecule has 0 bridgehead atoms. The maximum absolute atomic E-state index is 12.5. The average molecular weight is 332 g/mol. The van der Waals surface area contributed by atoms with Crippen molar-refractivity contribution in [3.05, 3.63) is 41.3 Å². The molecule has 0 N–H and O–H groups in total. The molecule has 1 saturated heterocycles. The summed E-state index contributed by atoms with van der Waals surface area (Å²) in [4.78, 5) is 30.5. The van der Waals surface area contributed by atoms with Crippen LogP contribution in [0.15, 0.2) is 46.3 Å². The van der Waals surface area contributed by atoms with Gasteiger partial charge in [0.2, 0.25) is 0 Å². The van der Waals surface area contributed by atoms with E-state index in [2.05, 4.69) is 23.6 Å². The summed E-state index contributed by atoms with van der Waals surface area (Å²) in [5.74, 6) is -0.263. The molecule has 1 amide bonds. The molecular weight excluding hydrogens is 312 g/mol. The number of rotatable bonds is 5. The van der Waals surface area contributed by atoms with Gasteiger partial charge in [0.1, 0.15) is 0 Å². The van der Waals surface area contributed by atoms with Crippen LogP contribution in [0.3, 0.4) is 0 Å². The highest BCUT2D eigenvalue weighted by molar-refractivity contribution is 8.18. The Hall–Kier alpha value is -2.08. The SMILES string of the molecule is COC(=O)C=C1SC(=Nc2ccccc2)N(CCC(C)C)C1=O. The second kappa shape index (κ2) is 7.97. The lowest BCUT2D eigenvalue weighted by atomic mass is 10.1. The lowest BCUT2D eigenvalue weighted by Gasteiger charge is -2.16. The summed E-state index contributed by atoms with van der Waals surface area (Å²) in [5, 5.41) is 0.594. The number of carbonyl (C=O) groups excluding carboxylic acids is 2. The summed E-state index contributed by atoms with van der Waals surface area (Å²) in [7, 11) is 1.29. The molecule has 1 heterocycles. The largest absolute Gasteiger partial charge is 0.466 e. The maximum atomic E-state index is 12.5. The third-order valence-electron chi connectivity index (χ3n) is 3.25. The van der Waals surface area contributed by atoms with Crippen molar-refractivity contribution in [1.29, 1.82) is 0 Å². The zero-order valence-corrected chi connectivity index (χ0v) is 14.3. The van der Waals surface area contributed by atoms with Crippen molar-refractivity contribution in [3.63, 3.8) is 0 Å². The van der Waals surface area contributed by atoms with Gasteiger partial charge in [0, 0.05) is 12.6 Å². The lowest BCUT2D eigenvalue weighted by molar-refractivity contribution is -0.135. The Kier molecular flexibility index (Phi) is 5.98. The van der Waals surface area contributed by atoms with Gasteiger partial charge in [-0.3, -0.25) is 9.69 Å². The summed E-state index contributed by atoms with van der Waals surface area (Å²) < 4.78 is 4.61. The van der Waals surface area contributed by atoms with Crippen molar-refractivity contribution in [2.45, 2.75) is 20.3 Å². The standard InChI is InChI=1S/C17H20N2O3S/c1-12(2)9-10-19-16(21)14(11-15(20)22-3)23-17(19)18-13-7-5-4-6-8-13/h4-8,11-12H,9-10H2,1-3H3. The number of aliphatic imine (C=N–C) groups is 1. The molecule has 0 aromatic heterocycles. The number of benzene rings is 1. The molecule has 1 aromatic rings. The topological polar surface area (TPSA) is 59.0 Å². The van der Waals surface area contributed by atoms with Gasteiger partial charge in [-0.25, -0.2) is 9.79 Å². The van der Waals surface area contributed by atoms with Gasteiger partial charge in [-0.05, 0) is 36.2 Å². The zero-order valence-electron chi connectivity index (χ0n) is 13.5. The van der Waals surface area contributed by atoms with Crippen LogP contribution in [0.1, 0.15) is 20.3 Å². The molecule has 0 atom stereocenters. The van der Waals surface area contributed by atoms with E-state index in [-0.39, 0.29) is 5.91 Å². The van der Waals surface area contributed by atoms with E-state index in [1.165, 1.54) is 24.9 Å². The van der Waals surface area contributed by atoms with E-state index in [0.29, 0.717) is 22.5 Å². The Morgan fingerprint density at radius 1 is 1.35 bits per heavy atom. The fourth-order valence-electron chi connectivity index (χ4n) is 1.95. The van der Waals surface area contributed by atoms with E-state index in [1.807, 2.05) is 30.3 Å². The molecule has 23 heavy (non-hydrogen) atoms. The van der Waals surface area contributed by atoms with Gasteiger partial charge in [-0.2, -0.15) is 0 Å². The van der Waals surface area contributed by atoms with Gasteiger partial charge < -0.3 is 4.74 Å². The minimum atomic E-state index is -0.536. The van der Waals surface area contributed by atoms with E-state index in [4.69, 9.17) is 0 Å². The highest BCUT2D eigenvalue weighted by atomic mass is 32.2. The van der Waals surface area contributed by atoms with E-state index < -0.39 is 5.97 Å². The first-order valence-electron chi connectivity index (χ1n) is 7.44. The number of esters is 1. The van der Waals surface area contributed by atoms with Crippen molar-refractivity contribution < 1.29 is 14.3 Å². The molecule has 1 aliphatic rings. The van der Waals surface area contributed by atoms with E-state index in [0.717, 1.165) is 12.1 Å². The first kappa shape index (κ1) is 17.3. The number of hydrogen-bond donors (Lipinski definition) is 0. The average Bonchev–Trinajstić information content (AvgIpc) is 2.81. The Labute approximate surface area is 140 Å². The van der Waals surface area contributed by atoms with Crippen LogP contribution in [0, 0.1) is 5.92 Å². The molecule has 0 saturated carbocycles. The molecule has 0 aliphatic carbocycles. The molecule has 1 aromatic carbocycles. The quantitative estimate of drug-likeness (QED) is 0.613. The third kappa shape index (κ3) is 4.69. The van der Waals surface area contributed by atoms with Crippen LogP contribution >= 0.6 is 11.8 Å². The van der Waals surface area contributed by atoms with E-state index in [9.17, 15) is 9.59 Å². The van der Waals surface area contributed by atoms with Gasteiger partial charge in [0.15, 0.2) is 5.17 Å². The van der Waals surface area contributed by atoms with Crippen LogP contribution in [0.25, 0.3) is 0 Å². The second-order valence-corrected chi connectivity index (χ2v) is 6.51. The number of thioether (sulfide) groups is 1. The van der Waals surface area contributed by atoms with Crippen molar-refractivity contribution >= 4 is 34.5 Å². The summed E-state index contributed by atoms with van der Waals surface area (Å²) in [5.41, 5.74) is 0.775. The first-order chi connectivity index (χ1) is 11.0. The van der Waals surface area contributed by atoms with Crippen LogP contribution in [-0.2, 0) is 14.3 Å². The summed E-state index contributed by atoms with van der Waals surface area (Å²) in [6.07, 6.45) is 2.09. The number of nitrogens with zero attached hydrogens (tertiary/aromatic N) is 2. The van der Waals surface area contributed by atoms with E-state index >= 15 is 0 Å². The number of methoxy groups -OCH3 is 1. The number of amidine groups is 1. The predicted octanol–water partition coefficient (Wildman–Crippen LogP) is 3.35. The number of carbonyl (C=O) groups is 2. The minimum absolute atomic E-state index is 0.198. The molecule has 6 heteroatoms. The van der Waals surface area contributed by atoms with Crippen molar-refractivity contribution in [3.8, 4) is 0 Å². The molecular formula is C17H20N2O3S. The normalized spacial score (nSPS) is 18.3. The van der Waals surface area contributed by atoms with Gasteiger partial charge in [-0.1, -0.05) is 32.0 Å². The Balaban J connectivity index is 2.29. The van der Waals surface area contributed by atoms with Crippen molar-refractivity contribution in [2.75, 3.05) is 13.7 Å². The molecule has 1 aliphatic heterocycles. The van der Waals surface area contributed by atoms with Crippen LogP contribution in [0.4, 0.5) is 5.69 Å². The molecule has 0 radical (unpaired) electrons. The molecule has 122 valence electrons. The lowest BCUT2D eigenvalue weighted by Crippen LogP contribution is -2.30. The van der Waals surface area contributed by atoms with Gasteiger partial charge >= 0.3 is 5.97 Å². The number of ether oxygens (including phenoxy) is 1. The number of amides is 1. The molecule has 0 spiro atoms. The monoisotopic (exact) mass is 332 g/mol. The fraction of sp³-hybridized carbons (Fsp3) is 0.353. The number of hydrogen-bond acceptors (Lipinski definition) is 5. The highest BCUT2D eigenvalue weighted by Crippen LogP contribution is 2.33. The zero-order chi connectivity index (χ0) is 16.8. The van der Waals surface area contributed by atoms with Gasteiger partial charge in [-0.15, -0.1) is 0 Å². The summed E-state index contributed by atoms with van der Waals surface area (Å²) in [6, 6.07) is 9.45. The van der Waals surface area contributed by atoms with Crippen LogP contribution in [0.5, 0.6) is 0 Å². The Bertz CT molecular complexity index is 638. The second-order valence-electron chi connectivity index (χ2n) is 5.50. The minimum Gasteiger partial charge on any atom is -0.466 e. The highest BCUT2D eigenvalue weighted by Gasteiger charge is 2.33. The van der Waals surface area contributed by atoms with Gasteiger partial charge in [0.05, 0.1) is 17.7 Å². The Morgan fingerprint density at radius 3 is 2.65 bits per heavy atom. The van der Waals surface area contributed by atoms with Crippen LogP contribution in [0.2, 0.25) is 0 Å². The van der Waals surface area contributed by atoms with Crippen molar-refractivity contribution in [2.24, 2.45) is 10.9 Å². The molecule has 5 nitrogen and oxygen atoms in total. The summed E-state index contributed by atoms with van der Waals surface area (Å²) >= 11 is 1.20. The van der Waals surface area contributed by atoms with Crippen LogP contribution in [-0.4, -0.2) is 35.6 Å². The summed E-state index contributed by atoms with van der Waals surface area (Å²) in [6.45, 7) is 4.79. The predicted molar refractivity (Wildman–Crippen MR) is 92.4 cm³/mol. The fourth-order valence-corrected chi connectivity index (χ4v) is 2.94. The third-order valence-corrected chi connectivity index (χ3v) is 4.26. The van der Waals surface area contributed by atoms with E-state index in [1.54, 1.807) is 4.90 Å². The van der Waals surface area contributed by atoms with Crippen molar-refractivity contribution in [1.82, 2.24) is 4.90 Å². The van der Waals surface area contributed by atoms with Crippen LogP contribution < -0.4 is 0 Å².